The maximum Gasteiger partial charge on any atom is 0.250 e. The first-order valence-electron chi connectivity index (χ1n) is 6.77. The van der Waals surface area contributed by atoms with Crippen LogP contribution in [0.15, 0.2) is 58.0 Å². The fourth-order valence-corrected chi connectivity index (χ4v) is 3.69. The van der Waals surface area contributed by atoms with Gasteiger partial charge in [0.25, 0.3) is 5.91 Å². The predicted molar refractivity (Wildman–Crippen MR) is 92.5 cm³/mol. The number of benzene rings is 2. The van der Waals surface area contributed by atoms with Crippen molar-refractivity contribution in [3.05, 3.63) is 59.9 Å². The predicted octanol–water partition coefficient (Wildman–Crippen LogP) is 3.68. The van der Waals surface area contributed by atoms with Gasteiger partial charge in [-0.1, -0.05) is 42.1 Å². The lowest BCUT2D eigenvalue weighted by molar-refractivity contribution is -0.118. The van der Waals surface area contributed by atoms with Gasteiger partial charge in [-0.15, -0.1) is 11.3 Å². The molecule has 0 atom stereocenters. The number of hydrogen-bond donors (Lipinski definition) is 1. The Morgan fingerprint density at radius 1 is 1.26 bits per heavy atom. The van der Waals surface area contributed by atoms with Crippen molar-refractivity contribution in [1.82, 2.24) is 10.4 Å². The van der Waals surface area contributed by atoms with Crippen molar-refractivity contribution in [2.45, 2.75) is 4.34 Å². The van der Waals surface area contributed by atoms with Crippen molar-refractivity contribution in [1.29, 1.82) is 0 Å². The second-order valence-electron chi connectivity index (χ2n) is 4.55. The molecule has 0 aliphatic rings. The first-order valence-corrected chi connectivity index (χ1v) is 8.57. The van der Waals surface area contributed by atoms with Gasteiger partial charge in [0, 0.05) is 5.56 Å². The number of carbonyl (C=O) groups is 1. The van der Waals surface area contributed by atoms with Crippen molar-refractivity contribution < 1.29 is 9.18 Å². The zero-order valence-corrected chi connectivity index (χ0v) is 13.5. The normalized spacial score (nSPS) is 11.2. The average Bonchev–Trinajstić information content (AvgIpc) is 2.98. The summed E-state index contributed by atoms with van der Waals surface area (Å²) in [6, 6.07) is 14.0. The zero-order chi connectivity index (χ0) is 16.1. The van der Waals surface area contributed by atoms with E-state index >= 15 is 0 Å². The summed E-state index contributed by atoms with van der Waals surface area (Å²) in [4.78, 5) is 16.2. The first kappa shape index (κ1) is 15.6. The van der Waals surface area contributed by atoms with Crippen LogP contribution in [0.25, 0.3) is 10.2 Å². The maximum atomic E-state index is 13.4. The molecule has 116 valence electrons. The molecule has 1 heterocycles. The van der Waals surface area contributed by atoms with Crippen LogP contribution < -0.4 is 5.43 Å². The van der Waals surface area contributed by atoms with Crippen LogP contribution in [-0.2, 0) is 4.79 Å². The molecule has 0 saturated carbocycles. The number of amides is 1. The summed E-state index contributed by atoms with van der Waals surface area (Å²) in [5.41, 5.74) is 3.64. The highest BCUT2D eigenvalue weighted by molar-refractivity contribution is 8.01. The van der Waals surface area contributed by atoms with Gasteiger partial charge in [0.1, 0.15) is 5.82 Å². The van der Waals surface area contributed by atoms with Crippen LogP contribution in [0.4, 0.5) is 4.39 Å². The smallest absolute Gasteiger partial charge is 0.250 e. The molecular weight excluding hydrogens is 333 g/mol. The van der Waals surface area contributed by atoms with Crippen LogP contribution in [-0.4, -0.2) is 22.9 Å². The molecule has 7 heteroatoms. The van der Waals surface area contributed by atoms with Crippen molar-refractivity contribution in [3.63, 3.8) is 0 Å². The zero-order valence-electron chi connectivity index (χ0n) is 11.9. The van der Waals surface area contributed by atoms with Crippen molar-refractivity contribution in [3.8, 4) is 0 Å². The Balaban J connectivity index is 1.52. The molecule has 4 nitrogen and oxygen atoms in total. The fourth-order valence-electron chi connectivity index (χ4n) is 1.83. The summed E-state index contributed by atoms with van der Waals surface area (Å²) in [7, 11) is 0. The Morgan fingerprint density at radius 3 is 2.87 bits per heavy atom. The van der Waals surface area contributed by atoms with E-state index in [2.05, 4.69) is 15.5 Å². The third kappa shape index (κ3) is 4.14. The van der Waals surface area contributed by atoms with Crippen molar-refractivity contribution in [2.75, 3.05) is 5.75 Å². The topological polar surface area (TPSA) is 54.4 Å². The Morgan fingerprint density at radius 2 is 2.04 bits per heavy atom. The van der Waals surface area contributed by atoms with E-state index in [4.69, 9.17) is 0 Å². The molecule has 0 saturated heterocycles. The quantitative estimate of drug-likeness (QED) is 0.436. The molecule has 0 aliphatic heterocycles. The van der Waals surface area contributed by atoms with Crippen LogP contribution in [0, 0.1) is 5.82 Å². The van der Waals surface area contributed by atoms with E-state index in [1.54, 1.807) is 29.5 Å². The van der Waals surface area contributed by atoms with Gasteiger partial charge in [0.2, 0.25) is 0 Å². The third-order valence-electron chi connectivity index (χ3n) is 2.90. The molecule has 0 unspecified atom stereocenters. The molecule has 0 fully saturated rings. The Labute approximate surface area is 140 Å². The lowest BCUT2D eigenvalue weighted by atomic mass is 10.2. The number of aromatic nitrogens is 1. The fraction of sp³-hybridized carbons (Fsp3) is 0.0625. The van der Waals surface area contributed by atoms with E-state index in [9.17, 15) is 9.18 Å². The van der Waals surface area contributed by atoms with Crippen LogP contribution in [0.5, 0.6) is 0 Å². The van der Waals surface area contributed by atoms with Gasteiger partial charge in [0.15, 0.2) is 4.34 Å². The van der Waals surface area contributed by atoms with E-state index in [0.29, 0.717) is 5.56 Å². The van der Waals surface area contributed by atoms with Gasteiger partial charge < -0.3 is 0 Å². The summed E-state index contributed by atoms with van der Waals surface area (Å²) in [6.07, 6.45) is 1.29. The number of hydrogen-bond acceptors (Lipinski definition) is 5. The monoisotopic (exact) mass is 345 g/mol. The SMILES string of the molecule is O=C(CSc1nc2ccccc2s1)NN=Cc1ccccc1F. The Hall–Kier alpha value is -2.25. The molecule has 1 aromatic heterocycles. The summed E-state index contributed by atoms with van der Waals surface area (Å²) >= 11 is 2.90. The van der Waals surface area contributed by atoms with E-state index in [0.717, 1.165) is 14.6 Å². The van der Waals surface area contributed by atoms with Crippen LogP contribution in [0.2, 0.25) is 0 Å². The highest BCUT2D eigenvalue weighted by Crippen LogP contribution is 2.28. The molecule has 1 amide bonds. The number of thiazole rings is 1. The van der Waals surface area contributed by atoms with Crippen LogP contribution in [0.1, 0.15) is 5.56 Å². The average molecular weight is 345 g/mol. The molecule has 0 radical (unpaired) electrons. The molecule has 3 aromatic rings. The number of fused-ring (bicyclic) bond motifs is 1. The second kappa shape index (κ2) is 7.34. The summed E-state index contributed by atoms with van der Waals surface area (Å²) in [6.45, 7) is 0. The Bertz CT molecular complexity index is 830. The molecule has 0 bridgehead atoms. The molecule has 0 aliphatic carbocycles. The van der Waals surface area contributed by atoms with Crippen molar-refractivity contribution >= 4 is 45.4 Å². The second-order valence-corrected chi connectivity index (χ2v) is 6.80. The van der Waals surface area contributed by atoms with Crippen LogP contribution in [0.3, 0.4) is 0 Å². The third-order valence-corrected chi connectivity index (χ3v) is 5.08. The largest absolute Gasteiger partial charge is 0.272 e. The Kier molecular flexibility index (Phi) is 4.99. The number of thioether (sulfide) groups is 1. The first-order chi connectivity index (χ1) is 11.2. The molecule has 23 heavy (non-hydrogen) atoms. The van der Waals surface area contributed by atoms with E-state index < -0.39 is 0 Å². The lowest BCUT2D eigenvalue weighted by Crippen LogP contribution is -2.19. The van der Waals surface area contributed by atoms with Gasteiger partial charge in [-0.05, 0) is 18.2 Å². The summed E-state index contributed by atoms with van der Waals surface area (Å²) < 4.78 is 15.3. The van der Waals surface area contributed by atoms with Gasteiger partial charge >= 0.3 is 0 Å². The molecular formula is C16H12FN3OS2. The van der Waals surface area contributed by atoms with E-state index in [-0.39, 0.29) is 17.5 Å². The maximum absolute atomic E-state index is 13.4. The minimum atomic E-state index is -0.380. The lowest BCUT2D eigenvalue weighted by Gasteiger charge is -1.98. The van der Waals surface area contributed by atoms with Gasteiger partial charge in [0.05, 0.1) is 22.2 Å². The van der Waals surface area contributed by atoms with E-state index in [1.165, 1.54) is 24.0 Å². The van der Waals surface area contributed by atoms with Gasteiger partial charge in [-0.2, -0.15) is 5.10 Å². The van der Waals surface area contributed by atoms with Crippen LogP contribution >= 0.6 is 23.1 Å². The minimum absolute atomic E-state index is 0.203. The number of carbonyl (C=O) groups excluding carboxylic acids is 1. The standard InChI is InChI=1S/C16H12FN3OS2/c17-12-6-2-1-5-11(12)9-18-20-15(21)10-22-16-19-13-7-3-4-8-14(13)23-16/h1-9H,10H2,(H,20,21). The molecule has 2 aromatic carbocycles. The highest BCUT2D eigenvalue weighted by atomic mass is 32.2. The number of halogens is 1. The number of nitrogens with zero attached hydrogens (tertiary/aromatic N) is 2. The van der Waals surface area contributed by atoms with Gasteiger partial charge in [-0.25, -0.2) is 14.8 Å². The summed E-state index contributed by atoms with van der Waals surface area (Å²) in [5, 5.41) is 3.76. The molecule has 3 rings (SSSR count). The summed E-state index contributed by atoms with van der Waals surface area (Å²) in [5.74, 6) is -0.440. The number of nitrogens with one attached hydrogen (secondary N) is 1. The minimum Gasteiger partial charge on any atom is -0.272 e. The van der Waals surface area contributed by atoms with Gasteiger partial charge in [-0.3, -0.25) is 4.79 Å². The number of rotatable bonds is 5. The number of hydrazone groups is 1. The highest BCUT2D eigenvalue weighted by Gasteiger charge is 2.07. The van der Waals surface area contributed by atoms with E-state index in [1.807, 2.05) is 24.3 Å². The van der Waals surface area contributed by atoms with Crippen molar-refractivity contribution in [2.24, 2.45) is 5.10 Å². The molecule has 1 N–H and O–H groups in total. The number of para-hydroxylation sites is 1. The molecule has 0 spiro atoms.